The smallest absolute Gasteiger partial charge is 0.337 e. The van der Waals surface area contributed by atoms with E-state index in [1.165, 1.54) is 7.11 Å². The molecule has 0 unspecified atom stereocenters. The minimum absolute atomic E-state index is 0.0506. The first-order valence-electron chi connectivity index (χ1n) is 10.5. The average molecular weight is 501 g/mol. The van der Waals surface area contributed by atoms with Gasteiger partial charge in [0.25, 0.3) is 0 Å². The van der Waals surface area contributed by atoms with Crippen LogP contribution in [0.5, 0.6) is 0 Å². The molecule has 0 amide bonds. The topological polar surface area (TPSA) is 109 Å². The molecule has 33 heavy (non-hydrogen) atoms. The van der Waals surface area contributed by atoms with E-state index in [-0.39, 0.29) is 35.5 Å². The Balaban J connectivity index is 2.56. The summed E-state index contributed by atoms with van der Waals surface area (Å²) in [6.07, 6.45) is -0.388. The second-order valence-electron chi connectivity index (χ2n) is 7.53. The first-order chi connectivity index (χ1) is 15.7. The fraction of sp³-hybridized carbons (Fsp3) is 0.478. The highest BCUT2D eigenvalue weighted by Crippen LogP contribution is 2.43. The van der Waals surface area contributed by atoms with Crippen molar-refractivity contribution in [2.75, 3.05) is 40.1 Å². The van der Waals surface area contributed by atoms with Gasteiger partial charge in [0.15, 0.2) is 0 Å². The maximum absolute atomic E-state index is 13.3. The molecule has 0 saturated heterocycles. The highest BCUT2D eigenvalue weighted by atomic mass is 35.5. The van der Waals surface area contributed by atoms with Crippen LogP contribution in [0, 0.1) is 0 Å². The van der Waals surface area contributed by atoms with Crippen molar-refractivity contribution in [3.63, 3.8) is 0 Å². The molecule has 0 saturated carbocycles. The first kappa shape index (κ1) is 27.1. The molecule has 1 aromatic rings. The number of ether oxygens (including phenoxy) is 4. The van der Waals surface area contributed by atoms with Gasteiger partial charge in [0, 0.05) is 12.2 Å². The molecule has 1 atom stereocenters. The number of methoxy groups -OCH3 is 1. The quantitative estimate of drug-likeness (QED) is 0.351. The van der Waals surface area contributed by atoms with Gasteiger partial charge in [0.1, 0.15) is 0 Å². The van der Waals surface area contributed by atoms with Gasteiger partial charge < -0.3 is 30.0 Å². The highest BCUT2D eigenvalue weighted by Gasteiger charge is 2.40. The molecule has 3 N–H and O–H groups in total. The molecule has 0 spiro atoms. The standard InChI is InChI=1S/C23H30Cl2N2O6/c1-13(2)33-23(29)20-17(12-32-11-10-31-9-8-26)27-14(3)18(22(28)30-4)19(20)15-6-5-7-16(24)21(15)25/h5-7,13,19,27H,8-12,26H2,1-4H3/t19-/m0/s1. The lowest BCUT2D eigenvalue weighted by molar-refractivity contribution is -0.143. The summed E-state index contributed by atoms with van der Waals surface area (Å²) in [6, 6.07) is 5.04. The zero-order valence-electron chi connectivity index (χ0n) is 19.2. The number of nitrogens with one attached hydrogen (secondary N) is 1. The monoisotopic (exact) mass is 500 g/mol. The Morgan fingerprint density at radius 2 is 1.79 bits per heavy atom. The van der Waals surface area contributed by atoms with Crippen molar-refractivity contribution in [2.24, 2.45) is 5.73 Å². The van der Waals surface area contributed by atoms with Crippen LogP contribution in [0.1, 0.15) is 32.3 Å². The molecule has 1 heterocycles. The number of allylic oxidation sites excluding steroid dienone is 1. The van der Waals surface area contributed by atoms with Gasteiger partial charge in [-0.25, -0.2) is 9.59 Å². The number of carbonyl (C=O) groups excluding carboxylic acids is 2. The molecule has 0 fully saturated rings. The van der Waals surface area contributed by atoms with Crippen LogP contribution in [0.3, 0.4) is 0 Å². The predicted molar refractivity (Wildman–Crippen MR) is 126 cm³/mol. The fourth-order valence-electron chi connectivity index (χ4n) is 3.44. The molecule has 0 aromatic heterocycles. The number of dihydropyridines is 1. The Morgan fingerprint density at radius 1 is 1.09 bits per heavy atom. The van der Waals surface area contributed by atoms with E-state index in [0.717, 1.165) is 0 Å². The Labute approximate surface area is 204 Å². The van der Waals surface area contributed by atoms with E-state index in [9.17, 15) is 9.59 Å². The van der Waals surface area contributed by atoms with Gasteiger partial charge in [0.2, 0.25) is 0 Å². The van der Waals surface area contributed by atoms with Gasteiger partial charge >= 0.3 is 11.9 Å². The molecule has 0 radical (unpaired) electrons. The third kappa shape index (κ3) is 6.94. The van der Waals surface area contributed by atoms with Crippen molar-refractivity contribution >= 4 is 35.1 Å². The molecule has 1 aromatic carbocycles. The third-order valence-electron chi connectivity index (χ3n) is 4.79. The summed E-state index contributed by atoms with van der Waals surface area (Å²) < 4.78 is 21.6. The Bertz CT molecular complexity index is 930. The number of rotatable bonds is 11. The molecule has 8 nitrogen and oxygen atoms in total. The molecule has 0 aliphatic carbocycles. The lowest BCUT2D eigenvalue weighted by Gasteiger charge is -2.32. The lowest BCUT2D eigenvalue weighted by atomic mass is 9.80. The van der Waals surface area contributed by atoms with Crippen LogP contribution in [-0.4, -0.2) is 58.1 Å². The second kappa shape index (κ2) is 13.0. The first-order valence-corrected chi connectivity index (χ1v) is 11.3. The van der Waals surface area contributed by atoms with Crippen LogP contribution < -0.4 is 11.1 Å². The summed E-state index contributed by atoms with van der Waals surface area (Å²) >= 11 is 12.8. The summed E-state index contributed by atoms with van der Waals surface area (Å²) in [5.41, 5.74) is 7.26. The van der Waals surface area contributed by atoms with Crippen LogP contribution in [0.2, 0.25) is 10.0 Å². The van der Waals surface area contributed by atoms with E-state index in [1.54, 1.807) is 39.0 Å². The van der Waals surface area contributed by atoms with Gasteiger partial charge in [-0.3, -0.25) is 0 Å². The average Bonchev–Trinajstić information content (AvgIpc) is 2.76. The Hall–Kier alpha value is -2.10. The maximum Gasteiger partial charge on any atom is 0.337 e. The maximum atomic E-state index is 13.3. The van der Waals surface area contributed by atoms with Crippen LogP contribution in [-0.2, 0) is 28.5 Å². The fourth-order valence-corrected chi connectivity index (χ4v) is 3.86. The van der Waals surface area contributed by atoms with Crippen LogP contribution in [0.25, 0.3) is 0 Å². The van der Waals surface area contributed by atoms with E-state index in [1.807, 2.05) is 0 Å². The second-order valence-corrected chi connectivity index (χ2v) is 8.32. The number of carbonyl (C=O) groups is 2. The van der Waals surface area contributed by atoms with Crippen molar-refractivity contribution < 1.29 is 28.5 Å². The Kier molecular flexibility index (Phi) is 10.7. The zero-order chi connectivity index (χ0) is 24.5. The van der Waals surface area contributed by atoms with E-state index < -0.39 is 17.9 Å². The summed E-state index contributed by atoms with van der Waals surface area (Å²) in [7, 11) is 1.27. The van der Waals surface area contributed by atoms with E-state index in [0.29, 0.717) is 41.7 Å². The van der Waals surface area contributed by atoms with Crippen LogP contribution in [0.15, 0.2) is 40.7 Å². The van der Waals surface area contributed by atoms with Crippen molar-refractivity contribution in [3.05, 3.63) is 56.3 Å². The Morgan fingerprint density at radius 3 is 2.42 bits per heavy atom. The number of nitrogens with two attached hydrogens (primary N) is 1. The lowest BCUT2D eigenvalue weighted by Crippen LogP contribution is -2.35. The minimum Gasteiger partial charge on any atom is -0.466 e. The summed E-state index contributed by atoms with van der Waals surface area (Å²) in [5.74, 6) is -2.08. The molecule has 2 rings (SSSR count). The van der Waals surface area contributed by atoms with Crippen molar-refractivity contribution in [3.8, 4) is 0 Å². The van der Waals surface area contributed by atoms with Gasteiger partial charge in [0.05, 0.1) is 72.4 Å². The summed E-state index contributed by atoms with van der Waals surface area (Å²) in [6.45, 7) is 6.72. The minimum atomic E-state index is -0.872. The summed E-state index contributed by atoms with van der Waals surface area (Å²) in [5, 5.41) is 3.64. The molecule has 10 heteroatoms. The third-order valence-corrected chi connectivity index (χ3v) is 5.62. The molecular weight excluding hydrogens is 471 g/mol. The van der Waals surface area contributed by atoms with Crippen molar-refractivity contribution in [1.82, 2.24) is 5.32 Å². The van der Waals surface area contributed by atoms with Crippen LogP contribution >= 0.6 is 23.2 Å². The molecule has 182 valence electrons. The van der Waals surface area contributed by atoms with E-state index in [4.69, 9.17) is 47.9 Å². The van der Waals surface area contributed by atoms with Crippen molar-refractivity contribution in [1.29, 1.82) is 0 Å². The van der Waals surface area contributed by atoms with Crippen LogP contribution in [0.4, 0.5) is 0 Å². The van der Waals surface area contributed by atoms with Gasteiger partial charge in [-0.15, -0.1) is 0 Å². The normalized spacial score (nSPS) is 16.2. The molecule has 1 aliphatic rings. The largest absolute Gasteiger partial charge is 0.466 e. The van der Waals surface area contributed by atoms with Gasteiger partial charge in [-0.05, 0) is 32.4 Å². The number of esters is 2. The van der Waals surface area contributed by atoms with Gasteiger partial charge in [-0.1, -0.05) is 35.3 Å². The number of hydrogen-bond donors (Lipinski definition) is 2. The van der Waals surface area contributed by atoms with Gasteiger partial charge in [-0.2, -0.15) is 0 Å². The zero-order valence-corrected chi connectivity index (χ0v) is 20.7. The SMILES string of the molecule is COC(=O)C1=C(C)NC(COCCOCCN)=C(C(=O)OC(C)C)[C@H]1c1cccc(Cl)c1Cl. The predicted octanol–water partition coefficient (Wildman–Crippen LogP) is 3.32. The molecule has 1 aliphatic heterocycles. The van der Waals surface area contributed by atoms with E-state index >= 15 is 0 Å². The van der Waals surface area contributed by atoms with E-state index in [2.05, 4.69) is 5.32 Å². The number of halogens is 2. The summed E-state index contributed by atoms with van der Waals surface area (Å²) in [4.78, 5) is 26.1. The highest BCUT2D eigenvalue weighted by molar-refractivity contribution is 6.42. The number of hydrogen-bond acceptors (Lipinski definition) is 8. The van der Waals surface area contributed by atoms with Crippen molar-refractivity contribution in [2.45, 2.75) is 32.8 Å². The molecular formula is C23H30Cl2N2O6. The molecule has 0 bridgehead atoms. The number of benzene rings is 1.